The van der Waals surface area contributed by atoms with Crippen LogP contribution in [0.15, 0.2) is 48.6 Å². The van der Waals surface area contributed by atoms with Gasteiger partial charge in [0, 0.05) is 65.0 Å². The van der Waals surface area contributed by atoms with Crippen molar-refractivity contribution >= 4 is 17.7 Å². The van der Waals surface area contributed by atoms with Gasteiger partial charge >= 0.3 is 6.09 Å². The van der Waals surface area contributed by atoms with Crippen LogP contribution < -0.4 is 16.0 Å². The lowest BCUT2D eigenvalue weighted by molar-refractivity contribution is -0.139. The lowest BCUT2D eigenvalue weighted by Crippen LogP contribution is -2.63. The molecule has 1 aliphatic carbocycles. The molecule has 15 nitrogen and oxygen atoms in total. The highest BCUT2D eigenvalue weighted by Gasteiger charge is 2.44. The van der Waals surface area contributed by atoms with Crippen molar-refractivity contribution in [3.05, 3.63) is 54.1 Å². The monoisotopic (exact) mass is 889 g/mol. The maximum absolute atomic E-state index is 13.6. The topological polar surface area (TPSA) is 189 Å². The first-order valence-corrected chi connectivity index (χ1v) is 23.1. The van der Waals surface area contributed by atoms with Gasteiger partial charge in [0.1, 0.15) is 25.3 Å². The Morgan fingerprint density at radius 1 is 0.921 bits per heavy atom. The third-order valence-electron chi connectivity index (χ3n) is 13.6. The van der Waals surface area contributed by atoms with E-state index in [1.807, 2.05) is 114 Å². The molecule has 360 valence electrons. The molecule has 0 bridgehead atoms. The molecular weight excluding hydrogens is 805 g/mol. The lowest BCUT2D eigenvalue weighted by atomic mass is 9.88. The van der Waals surface area contributed by atoms with E-state index < -0.39 is 67.1 Å². The number of rotatable bonds is 26. The minimum absolute atomic E-state index is 0.0283. The van der Waals surface area contributed by atoms with Crippen LogP contribution in [-0.2, 0) is 25.6 Å². The van der Waals surface area contributed by atoms with Gasteiger partial charge in [-0.05, 0) is 68.7 Å². The number of methoxy groups -OCH3 is 2. The van der Waals surface area contributed by atoms with Crippen LogP contribution in [0.25, 0.3) is 0 Å². The molecule has 1 fully saturated rings. The number of carbonyl (C=O) groups excluding carboxylic acids is 2. The number of aliphatic hydroxyl groups excluding tert-OH is 4. The van der Waals surface area contributed by atoms with Gasteiger partial charge < -0.3 is 50.2 Å². The smallest absolute Gasteiger partial charge is 0.410 e. The Labute approximate surface area is 378 Å². The standard InChI is InChI=1S/C48H84N6O9/c1-14-31(6)42(52(10)47(59)40(29(2)3)51-46(58)41(30(4)5)53(11)48(60)63-28-34-22-24-36(49-9)25-23-34)38(61-12)27-39(55)54-26-18-21-37(54)44(62-13)32(7)45(57)50-33(8)43(56)35-19-16-15-17-20-35/h15-17,19,22-25,29-33,35,37-44,46-47,49,51,55-56,58-59H,14,18,20-21,26-28H2,1-13H3,(H,50,57)/t31?,32-,33?,35?,37?,38?,39?,40+,41?,42?,43?,44?,46?,47?/m1/s1. The van der Waals surface area contributed by atoms with Crippen LogP contribution in [0.1, 0.15) is 93.1 Å². The molecule has 0 saturated carbocycles. The molecule has 15 heteroatoms. The highest BCUT2D eigenvalue weighted by atomic mass is 16.6. The van der Waals surface area contributed by atoms with Crippen molar-refractivity contribution in [3.63, 3.8) is 0 Å². The van der Waals surface area contributed by atoms with Gasteiger partial charge in [-0.15, -0.1) is 0 Å². The van der Waals surface area contributed by atoms with Crippen LogP contribution in [0.5, 0.6) is 0 Å². The summed E-state index contributed by atoms with van der Waals surface area (Å²) < 4.78 is 17.8. The molecule has 1 aromatic carbocycles. The fraction of sp³-hybridized carbons (Fsp3) is 0.750. The summed E-state index contributed by atoms with van der Waals surface area (Å²) in [6.07, 6.45) is 5.52. The number of likely N-dealkylation sites (N-methyl/N-ethyl adjacent to an activating group) is 2. The summed E-state index contributed by atoms with van der Waals surface area (Å²) in [6.45, 7) is 16.3. The normalized spacial score (nSPS) is 22.7. The summed E-state index contributed by atoms with van der Waals surface area (Å²) in [7, 11) is 8.50. The molecule has 2 aliphatic rings. The Kier molecular flexibility index (Phi) is 22.5. The zero-order chi connectivity index (χ0) is 47.1. The minimum Gasteiger partial charge on any atom is -0.445 e. The highest BCUT2D eigenvalue weighted by molar-refractivity contribution is 5.79. The first kappa shape index (κ1) is 54.2. The van der Waals surface area contributed by atoms with Crippen molar-refractivity contribution in [2.45, 2.75) is 161 Å². The van der Waals surface area contributed by atoms with Gasteiger partial charge in [-0.3, -0.25) is 19.9 Å². The molecule has 0 radical (unpaired) electrons. The second-order valence-corrected chi connectivity index (χ2v) is 18.6. The van der Waals surface area contributed by atoms with Gasteiger partial charge in [-0.25, -0.2) is 4.79 Å². The molecule has 14 atom stereocenters. The largest absolute Gasteiger partial charge is 0.445 e. The summed E-state index contributed by atoms with van der Waals surface area (Å²) in [5.74, 6) is -1.14. The fourth-order valence-corrected chi connectivity index (χ4v) is 9.54. The number of benzene rings is 1. The third kappa shape index (κ3) is 14.7. The average Bonchev–Trinajstić information content (AvgIpc) is 3.76. The van der Waals surface area contributed by atoms with E-state index in [2.05, 4.69) is 29.8 Å². The Morgan fingerprint density at radius 3 is 2.13 bits per heavy atom. The van der Waals surface area contributed by atoms with Crippen LogP contribution in [0.3, 0.4) is 0 Å². The molecule has 7 N–H and O–H groups in total. The van der Waals surface area contributed by atoms with Gasteiger partial charge in [0.15, 0.2) is 0 Å². The molecule has 0 spiro atoms. The summed E-state index contributed by atoms with van der Waals surface area (Å²) in [5.41, 5.74) is 1.78. The first-order valence-electron chi connectivity index (χ1n) is 23.1. The van der Waals surface area contributed by atoms with E-state index in [1.54, 1.807) is 21.3 Å². The maximum atomic E-state index is 13.6. The van der Waals surface area contributed by atoms with E-state index in [0.717, 1.165) is 30.5 Å². The maximum Gasteiger partial charge on any atom is 0.410 e. The first-order chi connectivity index (χ1) is 29.8. The molecule has 1 saturated heterocycles. The van der Waals surface area contributed by atoms with Gasteiger partial charge in [0.2, 0.25) is 5.91 Å². The molecule has 1 heterocycles. The van der Waals surface area contributed by atoms with E-state index in [9.17, 15) is 30.0 Å². The average molecular weight is 889 g/mol. The summed E-state index contributed by atoms with van der Waals surface area (Å²) in [6, 6.07) is 5.21. The number of likely N-dealkylation sites (tertiary alicyclic amines) is 1. The SMILES string of the molecule is CCC(C)C(C(CC(O)N1CCCC1C(OC)[C@@H](C)C(=O)NC(C)C(O)C1C=CC=CC1)OC)N(C)C(O)[C@@H](NC(O)C(C(C)C)N(C)C(=O)OCc1ccc(NC)cc1)C(C)C. The quantitative estimate of drug-likeness (QED) is 0.0633. The molecule has 1 aromatic rings. The molecule has 63 heavy (non-hydrogen) atoms. The van der Waals surface area contributed by atoms with Crippen molar-refractivity contribution in [1.29, 1.82) is 0 Å². The van der Waals surface area contributed by atoms with Crippen molar-refractivity contribution in [2.24, 2.45) is 29.6 Å². The van der Waals surface area contributed by atoms with Crippen molar-refractivity contribution < 1.29 is 44.2 Å². The number of amides is 2. The molecule has 3 rings (SSSR count). The fourth-order valence-electron chi connectivity index (χ4n) is 9.54. The van der Waals surface area contributed by atoms with Gasteiger partial charge in [0.05, 0.1) is 42.4 Å². The van der Waals surface area contributed by atoms with Gasteiger partial charge in [-0.2, -0.15) is 0 Å². The number of hydrogen-bond acceptors (Lipinski definition) is 13. The second kappa shape index (κ2) is 26.1. The van der Waals surface area contributed by atoms with E-state index in [4.69, 9.17) is 14.2 Å². The zero-order valence-corrected chi connectivity index (χ0v) is 40.5. The van der Waals surface area contributed by atoms with E-state index in [0.29, 0.717) is 13.0 Å². The van der Waals surface area contributed by atoms with Crippen LogP contribution in [0, 0.1) is 29.6 Å². The number of allylic oxidation sites excluding steroid dienone is 3. The lowest BCUT2D eigenvalue weighted by Gasteiger charge is -2.45. The second-order valence-electron chi connectivity index (χ2n) is 18.6. The summed E-state index contributed by atoms with van der Waals surface area (Å²) in [4.78, 5) is 32.2. The molecule has 1 aliphatic heterocycles. The number of hydrogen-bond donors (Lipinski definition) is 7. The van der Waals surface area contributed by atoms with Crippen LogP contribution >= 0.6 is 0 Å². The Bertz CT molecular complexity index is 1560. The Morgan fingerprint density at radius 2 is 1.59 bits per heavy atom. The Hall–Kier alpha value is -3.12. The van der Waals surface area contributed by atoms with Crippen LogP contribution in [-0.4, -0.2) is 156 Å². The number of ether oxygens (including phenoxy) is 3. The van der Waals surface area contributed by atoms with Crippen LogP contribution in [0.4, 0.5) is 10.5 Å². The highest BCUT2D eigenvalue weighted by Crippen LogP contribution is 2.32. The van der Waals surface area contributed by atoms with Crippen molar-refractivity contribution in [2.75, 3.05) is 47.2 Å². The molecular formula is C48H84N6O9. The van der Waals surface area contributed by atoms with Crippen molar-refractivity contribution in [3.8, 4) is 0 Å². The third-order valence-corrected chi connectivity index (χ3v) is 13.6. The Balaban J connectivity index is 1.73. The molecule has 2 amide bonds. The van der Waals surface area contributed by atoms with E-state index >= 15 is 0 Å². The number of carbonyl (C=O) groups is 2. The van der Waals surface area contributed by atoms with E-state index in [1.165, 1.54) is 4.90 Å². The summed E-state index contributed by atoms with van der Waals surface area (Å²) in [5, 5.41) is 56.3. The number of anilines is 1. The zero-order valence-electron chi connectivity index (χ0n) is 40.5. The van der Waals surface area contributed by atoms with Crippen molar-refractivity contribution in [1.82, 2.24) is 25.3 Å². The van der Waals surface area contributed by atoms with Crippen LogP contribution in [0.2, 0.25) is 0 Å². The summed E-state index contributed by atoms with van der Waals surface area (Å²) >= 11 is 0. The van der Waals surface area contributed by atoms with E-state index in [-0.39, 0.29) is 54.7 Å². The van der Waals surface area contributed by atoms with Gasteiger partial charge in [0.25, 0.3) is 0 Å². The minimum atomic E-state index is -1.21. The number of nitrogens with one attached hydrogen (secondary N) is 3. The predicted octanol–water partition coefficient (Wildman–Crippen LogP) is 4.76. The predicted molar refractivity (Wildman–Crippen MR) is 248 cm³/mol. The number of nitrogens with zero attached hydrogens (tertiary/aromatic N) is 3. The molecule has 12 unspecified atom stereocenters. The van der Waals surface area contributed by atoms with Gasteiger partial charge in [-0.1, -0.05) is 91.3 Å². The molecule has 0 aromatic heterocycles. The number of aliphatic hydroxyl groups is 4.